The van der Waals surface area contributed by atoms with E-state index in [1.54, 1.807) is 0 Å². The first-order valence-corrected chi connectivity index (χ1v) is 8.40. The zero-order valence-electron chi connectivity index (χ0n) is 11.7. The smallest absolute Gasteiger partial charge is 0.209 e. The van der Waals surface area contributed by atoms with E-state index in [1.807, 2.05) is 11.8 Å². The predicted octanol–water partition coefficient (Wildman–Crippen LogP) is 2.22. The molecule has 0 aromatic carbocycles. The molecule has 1 atom stereocenters. The van der Waals surface area contributed by atoms with Crippen molar-refractivity contribution in [3.8, 4) is 0 Å². The van der Waals surface area contributed by atoms with Gasteiger partial charge in [0.15, 0.2) is 0 Å². The summed E-state index contributed by atoms with van der Waals surface area (Å²) in [5, 5.41) is 13.3. The van der Waals surface area contributed by atoms with Gasteiger partial charge < -0.3 is 4.90 Å². The minimum Gasteiger partial charge on any atom is -0.306 e. The van der Waals surface area contributed by atoms with E-state index in [4.69, 9.17) is 0 Å². The molecule has 6 heteroatoms. The Morgan fingerprint density at radius 2 is 2.05 bits per heavy atom. The SMILES string of the molecule is CN1CCC[C@@H](CSc2nnnn2C2CCCC2)C1. The van der Waals surface area contributed by atoms with Gasteiger partial charge >= 0.3 is 0 Å². The lowest BCUT2D eigenvalue weighted by atomic mass is 10.0. The maximum absolute atomic E-state index is 4.22. The first-order chi connectivity index (χ1) is 9.33. The van der Waals surface area contributed by atoms with Crippen LogP contribution < -0.4 is 0 Å². The average Bonchev–Trinajstić information content (AvgIpc) is 3.07. The minimum absolute atomic E-state index is 0.548. The lowest BCUT2D eigenvalue weighted by molar-refractivity contribution is 0.224. The quantitative estimate of drug-likeness (QED) is 0.792. The third-order valence-corrected chi connectivity index (χ3v) is 5.47. The van der Waals surface area contributed by atoms with Crippen LogP contribution in [-0.2, 0) is 0 Å². The zero-order chi connectivity index (χ0) is 13.1. The Bertz CT molecular complexity index is 401. The van der Waals surface area contributed by atoms with E-state index in [2.05, 4.69) is 32.2 Å². The van der Waals surface area contributed by atoms with Gasteiger partial charge in [0.25, 0.3) is 0 Å². The Balaban J connectivity index is 1.56. The van der Waals surface area contributed by atoms with Crippen molar-refractivity contribution in [3.63, 3.8) is 0 Å². The summed E-state index contributed by atoms with van der Waals surface area (Å²) in [6.07, 6.45) is 7.80. The van der Waals surface area contributed by atoms with E-state index in [0.29, 0.717) is 6.04 Å². The molecule has 0 radical (unpaired) electrons. The Kier molecular flexibility index (Phi) is 4.38. The van der Waals surface area contributed by atoms with Crippen LogP contribution in [0.15, 0.2) is 5.16 Å². The molecular weight excluding hydrogens is 258 g/mol. The molecule has 1 aromatic rings. The molecule has 1 aliphatic heterocycles. The van der Waals surface area contributed by atoms with Gasteiger partial charge in [-0.05, 0) is 55.6 Å². The van der Waals surface area contributed by atoms with Gasteiger partial charge in [0, 0.05) is 12.3 Å². The molecule has 0 unspecified atom stereocenters. The van der Waals surface area contributed by atoms with Gasteiger partial charge in [-0.25, -0.2) is 4.68 Å². The first kappa shape index (κ1) is 13.4. The molecule has 2 fully saturated rings. The van der Waals surface area contributed by atoms with Gasteiger partial charge in [-0.15, -0.1) is 5.10 Å². The van der Waals surface area contributed by atoms with E-state index < -0.39 is 0 Å². The molecule has 2 heterocycles. The van der Waals surface area contributed by atoms with Crippen molar-refractivity contribution in [3.05, 3.63) is 0 Å². The number of hydrogen-bond donors (Lipinski definition) is 0. The molecule has 1 saturated carbocycles. The van der Waals surface area contributed by atoms with E-state index in [9.17, 15) is 0 Å². The molecule has 0 spiro atoms. The van der Waals surface area contributed by atoms with Crippen molar-refractivity contribution in [1.29, 1.82) is 0 Å². The molecule has 0 N–H and O–H groups in total. The highest BCUT2D eigenvalue weighted by Gasteiger charge is 2.23. The van der Waals surface area contributed by atoms with Gasteiger partial charge in [0.2, 0.25) is 5.16 Å². The predicted molar refractivity (Wildman–Crippen MR) is 76.3 cm³/mol. The highest BCUT2D eigenvalue weighted by molar-refractivity contribution is 7.99. The van der Waals surface area contributed by atoms with Crippen LogP contribution in [0.1, 0.15) is 44.6 Å². The fourth-order valence-corrected chi connectivity index (χ4v) is 4.33. The van der Waals surface area contributed by atoms with E-state index in [-0.39, 0.29) is 0 Å². The highest BCUT2D eigenvalue weighted by atomic mass is 32.2. The number of hydrogen-bond acceptors (Lipinski definition) is 5. The topological polar surface area (TPSA) is 46.8 Å². The van der Waals surface area contributed by atoms with E-state index in [0.717, 1.165) is 16.8 Å². The maximum Gasteiger partial charge on any atom is 0.209 e. The van der Waals surface area contributed by atoms with Crippen LogP contribution in [0.5, 0.6) is 0 Å². The molecule has 2 aliphatic rings. The van der Waals surface area contributed by atoms with Crippen LogP contribution in [-0.4, -0.2) is 51.0 Å². The second kappa shape index (κ2) is 6.22. The van der Waals surface area contributed by atoms with Gasteiger partial charge in [0.1, 0.15) is 0 Å². The largest absolute Gasteiger partial charge is 0.306 e. The molecule has 1 aromatic heterocycles. The van der Waals surface area contributed by atoms with Crippen LogP contribution in [0.4, 0.5) is 0 Å². The fraction of sp³-hybridized carbons (Fsp3) is 0.923. The van der Waals surface area contributed by atoms with Crippen molar-refractivity contribution < 1.29 is 0 Å². The summed E-state index contributed by atoms with van der Waals surface area (Å²) in [6, 6.07) is 0.548. The first-order valence-electron chi connectivity index (χ1n) is 7.42. The van der Waals surface area contributed by atoms with Crippen LogP contribution in [0.3, 0.4) is 0 Å². The summed E-state index contributed by atoms with van der Waals surface area (Å²) in [4.78, 5) is 2.44. The molecule has 1 aliphatic carbocycles. The molecular formula is C13H23N5S. The van der Waals surface area contributed by atoms with Crippen molar-refractivity contribution in [2.75, 3.05) is 25.9 Å². The van der Waals surface area contributed by atoms with Crippen molar-refractivity contribution in [2.24, 2.45) is 5.92 Å². The number of likely N-dealkylation sites (tertiary alicyclic amines) is 1. The number of nitrogens with zero attached hydrogens (tertiary/aromatic N) is 5. The normalized spacial score (nSPS) is 26.1. The molecule has 0 amide bonds. The van der Waals surface area contributed by atoms with E-state index in [1.165, 1.54) is 51.6 Å². The monoisotopic (exact) mass is 281 g/mol. The number of tetrazole rings is 1. The summed E-state index contributed by atoms with van der Waals surface area (Å²) in [5.41, 5.74) is 0. The molecule has 3 rings (SSSR count). The highest BCUT2D eigenvalue weighted by Crippen LogP contribution is 2.32. The van der Waals surface area contributed by atoms with Crippen LogP contribution in [0, 0.1) is 5.92 Å². The Morgan fingerprint density at radius 3 is 2.84 bits per heavy atom. The molecule has 106 valence electrons. The number of piperidine rings is 1. The standard InChI is InChI=1S/C13H23N5S/c1-17-8-4-5-11(9-17)10-19-13-14-15-16-18(13)12-6-2-3-7-12/h11-12H,2-10H2,1H3/t11-/m1/s1. The molecule has 19 heavy (non-hydrogen) atoms. The summed E-state index contributed by atoms with van der Waals surface area (Å²) >= 11 is 1.85. The lowest BCUT2D eigenvalue weighted by Gasteiger charge is -2.29. The van der Waals surface area contributed by atoms with Crippen molar-refractivity contribution >= 4 is 11.8 Å². The van der Waals surface area contributed by atoms with Crippen molar-refractivity contribution in [2.45, 2.75) is 49.7 Å². The van der Waals surface area contributed by atoms with Crippen LogP contribution in [0.25, 0.3) is 0 Å². The lowest BCUT2D eigenvalue weighted by Crippen LogP contribution is -2.33. The van der Waals surface area contributed by atoms with Gasteiger partial charge in [-0.1, -0.05) is 24.6 Å². The third kappa shape index (κ3) is 3.28. The zero-order valence-corrected chi connectivity index (χ0v) is 12.5. The third-order valence-electron chi connectivity index (χ3n) is 4.30. The van der Waals surface area contributed by atoms with Crippen LogP contribution in [0.2, 0.25) is 0 Å². The van der Waals surface area contributed by atoms with Gasteiger partial charge in [0.05, 0.1) is 6.04 Å². The molecule has 1 saturated heterocycles. The summed E-state index contributed by atoms with van der Waals surface area (Å²) in [5.74, 6) is 1.94. The summed E-state index contributed by atoms with van der Waals surface area (Å²) in [7, 11) is 2.22. The molecule has 5 nitrogen and oxygen atoms in total. The van der Waals surface area contributed by atoms with E-state index >= 15 is 0 Å². The maximum atomic E-state index is 4.22. The van der Waals surface area contributed by atoms with Crippen molar-refractivity contribution in [1.82, 2.24) is 25.1 Å². The minimum atomic E-state index is 0.548. The summed E-state index contributed by atoms with van der Waals surface area (Å²) in [6.45, 7) is 2.47. The number of aromatic nitrogens is 4. The average molecular weight is 281 g/mol. The van der Waals surface area contributed by atoms with Crippen LogP contribution >= 0.6 is 11.8 Å². The number of rotatable bonds is 4. The Hall–Kier alpha value is -0.620. The second-order valence-corrected chi connectivity index (χ2v) is 6.91. The summed E-state index contributed by atoms with van der Waals surface area (Å²) < 4.78 is 2.07. The van der Waals surface area contributed by atoms with Gasteiger partial charge in [-0.3, -0.25) is 0 Å². The Labute approximate surface area is 119 Å². The number of thioether (sulfide) groups is 1. The van der Waals surface area contributed by atoms with Gasteiger partial charge in [-0.2, -0.15) is 0 Å². The second-order valence-electron chi connectivity index (χ2n) is 5.93. The Morgan fingerprint density at radius 1 is 1.21 bits per heavy atom. The molecule has 0 bridgehead atoms. The fourth-order valence-electron chi connectivity index (χ4n) is 3.26.